The predicted octanol–water partition coefficient (Wildman–Crippen LogP) is -0.182. The van der Waals surface area contributed by atoms with Crippen LogP contribution in [0.25, 0.3) is 0 Å². The van der Waals surface area contributed by atoms with Gasteiger partial charge in [0.2, 0.25) is 11.8 Å². The first-order valence-corrected chi connectivity index (χ1v) is 6.34. The number of nitrogens with zero attached hydrogens (tertiary/aromatic N) is 2. The van der Waals surface area contributed by atoms with Crippen LogP contribution in [0.3, 0.4) is 0 Å². The molecule has 1 aliphatic rings. The van der Waals surface area contributed by atoms with Crippen LogP contribution < -0.4 is 11.1 Å². The van der Waals surface area contributed by atoms with E-state index in [0.29, 0.717) is 0 Å². The number of imide groups is 1. The molecule has 3 N–H and O–H groups in total. The van der Waals surface area contributed by atoms with Crippen molar-refractivity contribution >= 4 is 11.8 Å². The molecule has 102 valence electrons. The lowest BCUT2D eigenvalue weighted by atomic mass is 9.97. The Morgan fingerprint density at radius 3 is 2.63 bits per heavy atom. The van der Waals surface area contributed by atoms with Gasteiger partial charge in [-0.1, -0.05) is 13.0 Å². The monoisotopic (exact) mass is 262 g/mol. The van der Waals surface area contributed by atoms with E-state index in [2.05, 4.69) is 10.3 Å². The maximum atomic E-state index is 11.5. The maximum absolute atomic E-state index is 11.5. The Morgan fingerprint density at radius 1 is 1.42 bits per heavy atom. The van der Waals surface area contributed by atoms with Crippen LogP contribution in [-0.4, -0.2) is 40.8 Å². The second-order valence-corrected chi connectivity index (χ2v) is 4.68. The van der Waals surface area contributed by atoms with Gasteiger partial charge in [0.1, 0.15) is 0 Å². The number of rotatable bonds is 4. The molecule has 0 spiro atoms. The van der Waals surface area contributed by atoms with Gasteiger partial charge in [0.05, 0.1) is 19.1 Å². The standard InChI is InChI=1S/C13H18N4O2/c1-2-10(14)13(9-4-3-5-15-6-9)17-7-11(18)16-12(19)8-17/h3-6,10,13H,2,7-8,14H2,1H3,(H,16,18,19). The summed E-state index contributed by atoms with van der Waals surface area (Å²) in [5, 5.41) is 2.30. The molecule has 1 fully saturated rings. The first kappa shape index (κ1) is 13.6. The molecule has 2 atom stereocenters. The molecule has 2 unspecified atom stereocenters. The van der Waals surface area contributed by atoms with Crippen molar-refractivity contribution in [2.45, 2.75) is 25.4 Å². The van der Waals surface area contributed by atoms with Crippen molar-refractivity contribution in [3.8, 4) is 0 Å². The first-order chi connectivity index (χ1) is 9.11. The number of piperazine rings is 1. The molecule has 0 saturated carbocycles. The summed E-state index contributed by atoms with van der Waals surface area (Å²) in [6.45, 7) is 2.35. The van der Waals surface area contributed by atoms with Crippen molar-refractivity contribution in [1.29, 1.82) is 0 Å². The van der Waals surface area contributed by atoms with E-state index in [-0.39, 0.29) is 37.0 Å². The first-order valence-electron chi connectivity index (χ1n) is 6.34. The molecular formula is C13H18N4O2. The van der Waals surface area contributed by atoms with Crippen molar-refractivity contribution in [3.63, 3.8) is 0 Å². The number of aromatic nitrogens is 1. The van der Waals surface area contributed by atoms with Crippen molar-refractivity contribution in [1.82, 2.24) is 15.2 Å². The lowest BCUT2D eigenvalue weighted by Crippen LogP contribution is -2.55. The third kappa shape index (κ3) is 3.15. The van der Waals surface area contributed by atoms with Gasteiger partial charge in [-0.15, -0.1) is 0 Å². The molecule has 1 aromatic heterocycles. The van der Waals surface area contributed by atoms with Crippen LogP contribution in [0.2, 0.25) is 0 Å². The van der Waals surface area contributed by atoms with Gasteiger partial charge in [0.15, 0.2) is 0 Å². The number of hydrogen-bond donors (Lipinski definition) is 2. The summed E-state index contributed by atoms with van der Waals surface area (Å²) in [6, 6.07) is 3.43. The average molecular weight is 262 g/mol. The van der Waals surface area contributed by atoms with Gasteiger partial charge < -0.3 is 5.73 Å². The molecule has 2 amide bonds. The summed E-state index contributed by atoms with van der Waals surface area (Å²) in [4.78, 5) is 28.9. The largest absolute Gasteiger partial charge is 0.326 e. The lowest BCUT2D eigenvalue weighted by molar-refractivity contribution is -0.137. The van der Waals surface area contributed by atoms with Crippen LogP contribution in [0.1, 0.15) is 24.9 Å². The zero-order chi connectivity index (χ0) is 13.8. The number of amides is 2. The maximum Gasteiger partial charge on any atom is 0.240 e. The smallest absolute Gasteiger partial charge is 0.240 e. The molecule has 1 aliphatic heterocycles. The zero-order valence-electron chi connectivity index (χ0n) is 10.9. The number of carbonyl (C=O) groups excluding carboxylic acids is 2. The predicted molar refractivity (Wildman–Crippen MR) is 70.0 cm³/mol. The fourth-order valence-electron chi connectivity index (χ4n) is 2.36. The van der Waals surface area contributed by atoms with Gasteiger partial charge >= 0.3 is 0 Å². The minimum Gasteiger partial charge on any atom is -0.326 e. The van der Waals surface area contributed by atoms with E-state index in [4.69, 9.17) is 5.73 Å². The fourth-order valence-corrected chi connectivity index (χ4v) is 2.36. The van der Waals surface area contributed by atoms with Crippen LogP contribution in [0.5, 0.6) is 0 Å². The highest BCUT2D eigenvalue weighted by molar-refractivity contribution is 5.99. The second kappa shape index (κ2) is 5.90. The highest BCUT2D eigenvalue weighted by atomic mass is 16.2. The van der Waals surface area contributed by atoms with Crippen LogP contribution in [0, 0.1) is 0 Å². The fraction of sp³-hybridized carbons (Fsp3) is 0.462. The SMILES string of the molecule is CCC(N)C(c1cccnc1)N1CC(=O)NC(=O)C1. The molecule has 6 nitrogen and oxygen atoms in total. The number of carbonyl (C=O) groups is 2. The van der Waals surface area contributed by atoms with Gasteiger partial charge in [0.25, 0.3) is 0 Å². The molecule has 2 heterocycles. The van der Waals surface area contributed by atoms with E-state index in [9.17, 15) is 9.59 Å². The van der Waals surface area contributed by atoms with E-state index in [0.717, 1.165) is 12.0 Å². The van der Waals surface area contributed by atoms with E-state index < -0.39 is 0 Å². The van der Waals surface area contributed by atoms with Crippen molar-refractivity contribution in [2.24, 2.45) is 5.73 Å². The molecule has 0 radical (unpaired) electrons. The Bertz CT molecular complexity index is 447. The third-order valence-electron chi connectivity index (χ3n) is 3.27. The van der Waals surface area contributed by atoms with E-state index >= 15 is 0 Å². The second-order valence-electron chi connectivity index (χ2n) is 4.68. The summed E-state index contributed by atoms with van der Waals surface area (Å²) in [5.41, 5.74) is 7.09. The van der Waals surface area contributed by atoms with Gasteiger partial charge in [-0.05, 0) is 18.1 Å². The van der Waals surface area contributed by atoms with E-state index in [1.807, 2.05) is 24.0 Å². The summed E-state index contributed by atoms with van der Waals surface area (Å²) in [7, 11) is 0. The van der Waals surface area contributed by atoms with E-state index in [1.54, 1.807) is 12.4 Å². The van der Waals surface area contributed by atoms with Crippen molar-refractivity contribution in [2.75, 3.05) is 13.1 Å². The number of hydrogen-bond acceptors (Lipinski definition) is 5. The van der Waals surface area contributed by atoms with Crippen LogP contribution >= 0.6 is 0 Å². The van der Waals surface area contributed by atoms with Crippen molar-refractivity contribution < 1.29 is 9.59 Å². The Labute approximate surface area is 112 Å². The molecular weight excluding hydrogens is 244 g/mol. The molecule has 0 aliphatic carbocycles. The Balaban J connectivity index is 2.27. The highest BCUT2D eigenvalue weighted by Gasteiger charge is 2.32. The Kier molecular flexibility index (Phi) is 4.24. The third-order valence-corrected chi connectivity index (χ3v) is 3.27. The number of nitrogens with one attached hydrogen (secondary N) is 1. The Morgan fingerprint density at radius 2 is 2.11 bits per heavy atom. The molecule has 1 aromatic rings. The summed E-state index contributed by atoms with van der Waals surface area (Å²) in [5.74, 6) is -0.568. The molecule has 19 heavy (non-hydrogen) atoms. The van der Waals surface area contributed by atoms with Gasteiger partial charge in [-0.2, -0.15) is 0 Å². The van der Waals surface area contributed by atoms with Crippen LogP contribution in [0.15, 0.2) is 24.5 Å². The number of nitrogens with two attached hydrogens (primary N) is 1. The van der Waals surface area contributed by atoms with Gasteiger partial charge in [-0.25, -0.2) is 0 Å². The summed E-state index contributed by atoms with van der Waals surface area (Å²) >= 11 is 0. The van der Waals surface area contributed by atoms with Gasteiger partial charge in [0, 0.05) is 18.4 Å². The highest BCUT2D eigenvalue weighted by Crippen LogP contribution is 2.24. The minimum absolute atomic E-state index is 0.150. The molecule has 2 rings (SSSR count). The van der Waals surface area contributed by atoms with Crippen LogP contribution in [-0.2, 0) is 9.59 Å². The lowest BCUT2D eigenvalue weighted by Gasteiger charge is -2.36. The topological polar surface area (TPSA) is 88.3 Å². The zero-order valence-corrected chi connectivity index (χ0v) is 10.9. The van der Waals surface area contributed by atoms with Crippen LogP contribution in [0.4, 0.5) is 0 Å². The quantitative estimate of drug-likeness (QED) is 0.735. The summed E-state index contributed by atoms with van der Waals surface area (Å²) in [6.07, 6.45) is 4.18. The Hall–Kier alpha value is -1.79. The van der Waals surface area contributed by atoms with Gasteiger partial charge in [-0.3, -0.25) is 24.8 Å². The van der Waals surface area contributed by atoms with Crippen molar-refractivity contribution in [3.05, 3.63) is 30.1 Å². The van der Waals surface area contributed by atoms with E-state index in [1.165, 1.54) is 0 Å². The summed E-state index contributed by atoms with van der Waals surface area (Å²) < 4.78 is 0. The normalized spacial score (nSPS) is 19.9. The molecule has 6 heteroatoms. The molecule has 0 aromatic carbocycles. The molecule has 0 bridgehead atoms. The average Bonchev–Trinajstić information content (AvgIpc) is 2.39. The number of pyridine rings is 1. The molecule has 1 saturated heterocycles. The minimum atomic E-state index is -0.284.